The summed E-state index contributed by atoms with van der Waals surface area (Å²) >= 11 is 0. The lowest BCUT2D eigenvalue weighted by Crippen LogP contribution is -2.35. The van der Waals surface area contributed by atoms with Crippen molar-refractivity contribution < 1.29 is 19.1 Å². The summed E-state index contributed by atoms with van der Waals surface area (Å²) in [5, 5.41) is 2.89. The molecular formula is C18H21N3O4. The highest BCUT2D eigenvalue weighted by Crippen LogP contribution is 2.31. The van der Waals surface area contributed by atoms with Gasteiger partial charge in [-0.2, -0.15) is 0 Å². The number of fused-ring (bicyclic) bond motifs is 1. The fraction of sp³-hybridized carbons (Fsp3) is 0.389. The lowest BCUT2D eigenvalue weighted by atomic mass is 10.1. The largest absolute Gasteiger partial charge is 0.486 e. The number of ketones is 1. The zero-order valence-electron chi connectivity index (χ0n) is 14.1. The molecule has 1 N–H and O–H groups in total. The summed E-state index contributed by atoms with van der Waals surface area (Å²) in [5.74, 6) is 0.997. The minimum atomic E-state index is -0.140. The average Bonchev–Trinajstić information content (AvgIpc) is 3.12. The van der Waals surface area contributed by atoms with Gasteiger partial charge >= 0.3 is 0 Å². The Balaban J connectivity index is 1.47. The molecule has 0 saturated heterocycles. The van der Waals surface area contributed by atoms with Crippen molar-refractivity contribution in [3.05, 3.63) is 42.5 Å². The van der Waals surface area contributed by atoms with Crippen molar-refractivity contribution in [1.82, 2.24) is 14.9 Å². The van der Waals surface area contributed by atoms with Crippen LogP contribution in [0.1, 0.15) is 30.1 Å². The van der Waals surface area contributed by atoms with E-state index in [2.05, 4.69) is 10.3 Å². The average molecular weight is 343 g/mol. The van der Waals surface area contributed by atoms with Crippen molar-refractivity contribution in [2.24, 2.45) is 0 Å². The lowest BCUT2D eigenvalue weighted by molar-refractivity contribution is -0.121. The number of rotatable bonds is 7. The fourth-order valence-electron chi connectivity index (χ4n) is 2.69. The summed E-state index contributed by atoms with van der Waals surface area (Å²) in [6.07, 6.45) is 5.55. The number of carbonyl (C=O) groups is 2. The van der Waals surface area contributed by atoms with E-state index in [4.69, 9.17) is 9.47 Å². The van der Waals surface area contributed by atoms with Crippen LogP contribution in [0.5, 0.6) is 11.5 Å². The predicted octanol–water partition coefficient (Wildman–Crippen LogP) is 1.82. The zero-order valence-corrected chi connectivity index (χ0v) is 14.1. The minimum Gasteiger partial charge on any atom is -0.486 e. The highest BCUT2D eigenvalue weighted by atomic mass is 16.6. The van der Waals surface area contributed by atoms with Gasteiger partial charge in [-0.05, 0) is 25.1 Å². The molecule has 1 aliphatic heterocycles. The van der Waals surface area contributed by atoms with Gasteiger partial charge in [-0.1, -0.05) is 0 Å². The van der Waals surface area contributed by atoms with Crippen molar-refractivity contribution >= 4 is 11.7 Å². The van der Waals surface area contributed by atoms with Crippen molar-refractivity contribution in [3.63, 3.8) is 0 Å². The van der Waals surface area contributed by atoms with Crippen molar-refractivity contribution in [2.75, 3.05) is 13.2 Å². The molecule has 0 bridgehead atoms. The van der Waals surface area contributed by atoms with E-state index < -0.39 is 0 Å². The molecule has 7 nitrogen and oxygen atoms in total. The van der Waals surface area contributed by atoms with Crippen LogP contribution < -0.4 is 14.8 Å². The molecule has 132 valence electrons. The molecule has 3 rings (SSSR count). The van der Waals surface area contributed by atoms with Gasteiger partial charge in [-0.15, -0.1) is 0 Å². The molecule has 7 heteroatoms. The third-order valence-corrected chi connectivity index (χ3v) is 3.89. The third-order valence-electron chi connectivity index (χ3n) is 3.89. The van der Waals surface area contributed by atoms with Crippen molar-refractivity contribution in [2.45, 2.75) is 32.4 Å². The van der Waals surface area contributed by atoms with Crippen LogP contribution in [0.25, 0.3) is 0 Å². The van der Waals surface area contributed by atoms with E-state index in [-0.39, 0.29) is 30.6 Å². The molecule has 1 aromatic carbocycles. The fourth-order valence-corrected chi connectivity index (χ4v) is 2.69. The van der Waals surface area contributed by atoms with E-state index in [1.165, 1.54) is 0 Å². The van der Waals surface area contributed by atoms with E-state index in [0.29, 0.717) is 36.8 Å². The highest BCUT2D eigenvalue weighted by molar-refractivity contribution is 5.98. The third kappa shape index (κ3) is 4.59. The molecule has 2 heterocycles. The molecule has 0 spiro atoms. The Morgan fingerprint density at radius 3 is 2.80 bits per heavy atom. The van der Waals surface area contributed by atoms with Crippen LogP contribution in [-0.4, -0.2) is 40.5 Å². The number of imidazole rings is 1. The molecule has 25 heavy (non-hydrogen) atoms. The molecule has 1 aromatic heterocycles. The number of hydrogen-bond donors (Lipinski definition) is 1. The first-order valence-electron chi connectivity index (χ1n) is 8.30. The van der Waals surface area contributed by atoms with Gasteiger partial charge in [0.15, 0.2) is 17.3 Å². The standard InChI is InChI=1S/C18H21N3O4/c1-13(11-21-7-6-19-12-21)20-18(23)5-3-15(22)14-2-4-16-17(10-14)25-9-8-24-16/h2,4,6-7,10,12-13H,3,5,8-9,11H2,1H3,(H,20,23)/t13-/m0/s1. The summed E-state index contributed by atoms with van der Waals surface area (Å²) in [6, 6.07) is 5.08. The van der Waals surface area contributed by atoms with Gasteiger partial charge in [0.1, 0.15) is 13.2 Å². The number of amides is 1. The van der Waals surface area contributed by atoms with Crippen LogP contribution in [-0.2, 0) is 11.3 Å². The Labute approximate surface area is 146 Å². The number of nitrogens with one attached hydrogen (secondary N) is 1. The lowest BCUT2D eigenvalue weighted by Gasteiger charge is -2.18. The number of benzene rings is 1. The number of hydrogen-bond acceptors (Lipinski definition) is 5. The molecule has 0 unspecified atom stereocenters. The summed E-state index contributed by atoms with van der Waals surface area (Å²) in [4.78, 5) is 28.3. The van der Waals surface area contributed by atoms with Crippen LogP contribution in [0, 0.1) is 0 Å². The Bertz CT molecular complexity index is 743. The number of carbonyl (C=O) groups excluding carboxylic acids is 2. The zero-order chi connectivity index (χ0) is 17.6. The second-order valence-electron chi connectivity index (χ2n) is 6.01. The molecule has 1 atom stereocenters. The second-order valence-corrected chi connectivity index (χ2v) is 6.01. The maximum atomic E-state index is 12.3. The number of nitrogens with zero attached hydrogens (tertiary/aromatic N) is 2. The summed E-state index contributed by atoms with van der Waals surface area (Å²) in [7, 11) is 0. The molecule has 0 fully saturated rings. The molecule has 1 amide bonds. The van der Waals surface area contributed by atoms with E-state index in [1.54, 1.807) is 30.7 Å². The first kappa shape index (κ1) is 17.0. The minimum absolute atomic E-state index is 0.0360. The second kappa shape index (κ2) is 7.83. The maximum Gasteiger partial charge on any atom is 0.220 e. The smallest absolute Gasteiger partial charge is 0.220 e. The first-order valence-corrected chi connectivity index (χ1v) is 8.30. The van der Waals surface area contributed by atoms with E-state index in [0.717, 1.165) is 0 Å². The highest BCUT2D eigenvalue weighted by Gasteiger charge is 2.16. The Morgan fingerprint density at radius 2 is 2.04 bits per heavy atom. The topological polar surface area (TPSA) is 82.5 Å². The van der Waals surface area contributed by atoms with Gasteiger partial charge in [-0.3, -0.25) is 9.59 Å². The summed E-state index contributed by atoms with van der Waals surface area (Å²) < 4.78 is 12.8. The first-order chi connectivity index (χ1) is 12.1. The molecule has 1 aliphatic rings. The molecule has 0 radical (unpaired) electrons. The maximum absolute atomic E-state index is 12.3. The number of ether oxygens (including phenoxy) is 2. The van der Waals surface area contributed by atoms with Crippen LogP contribution in [0.2, 0.25) is 0 Å². The van der Waals surface area contributed by atoms with E-state index in [1.807, 2.05) is 17.7 Å². The molecule has 0 aliphatic carbocycles. The van der Waals surface area contributed by atoms with Crippen molar-refractivity contribution in [1.29, 1.82) is 0 Å². The summed E-state index contributed by atoms with van der Waals surface area (Å²) in [5.41, 5.74) is 0.531. The predicted molar refractivity (Wildman–Crippen MR) is 90.8 cm³/mol. The number of Topliss-reactive ketones (excluding diaryl/α,β-unsaturated/α-hetero) is 1. The Hall–Kier alpha value is -2.83. The van der Waals surface area contributed by atoms with Crippen LogP contribution >= 0.6 is 0 Å². The van der Waals surface area contributed by atoms with Gasteiger partial charge in [0, 0.05) is 43.4 Å². The Morgan fingerprint density at radius 1 is 1.24 bits per heavy atom. The Kier molecular flexibility index (Phi) is 5.33. The normalized spacial score (nSPS) is 14.0. The monoisotopic (exact) mass is 343 g/mol. The van der Waals surface area contributed by atoms with Gasteiger partial charge in [0.05, 0.1) is 6.33 Å². The van der Waals surface area contributed by atoms with Crippen LogP contribution in [0.15, 0.2) is 36.9 Å². The van der Waals surface area contributed by atoms with E-state index in [9.17, 15) is 9.59 Å². The molecular weight excluding hydrogens is 322 g/mol. The van der Waals surface area contributed by atoms with Crippen LogP contribution in [0.4, 0.5) is 0 Å². The van der Waals surface area contributed by atoms with Crippen LogP contribution in [0.3, 0.4) is 0 Å². The summed E-state index contributed by atoms with van der Waals surface area (Å²) in [6.45, 7) is 3.54. The SMILES string of the molecule is C[C@@H](Cn1ccnc1)NC(=O)CCC(=O)c1ccc2c(c1)OCCO2. The van der Waals surface area contributed by atoms with Gasteiger partial charge in [0.2, 0.25) is 5.91 Å². The molecule has 0 saturated carbocycles. The quantitative estimate of drug-likeness (QED) is 0.776. The number of aromatic nitrogens is 2. The van der Waals surface area contributed by atoms with Gasteiger partial charge in [-0.25, -0.2) is 4.98 Å². The van der Waals surface area contributed by atoms with E-state index >= 15 is 0 Å². The van der Waals surface area contributed by atoms with Crippen molar-refractivity contribution in [3.8, 4) is 11.5 Å². The van der Waals surface area contributed by atoms with Gasteiger partial charge < -0.3 is 19.4 Å². The molecule has 2 aromatic rings. The van der Waals surface area contributed by atoms with Gasteiger partial charge in [0.25, 0.3) is 0 Å².